The zero-order valence-corrected chi connectivity index (χ0v) is 16.7. The van der Waals surface area contributed by atoms with E-state index in [1.54, 1.807) is 0 Å². The molecule has 5 rings (SSSR count). The van der Waals surface area contributed by atoms with Crippen molar-refractivity contribution >= 4 is 22.9 Å². The Bertz CT molecular complexity index is 1010. The molecule has 2 bridgehead atoms. The minimum atomic E-state index is -0.866. The number of esters is 1. The van der Waals surface area contributed by atoms with E-state index >= 15 is 0 Å². The van der Waals surface area contributed by atoms with E-state index in [0.29, 0.717) is 5.76 Å². The molecule has 2 aromatic carbocycles. The summed E-state index contributed by atoms with van der Waals surface area (Å²) in [6, 6.07) is 20.1. The summed E-state index contributed by atoms with van der Waals surface area (Å²) in [5, 5.41) is 0. The van der Waals surface area contributed by atoms with Gasteiger partial charge in [0.2, 0.25) is 0 Å². The van der Waals surface area contributed by atoms with Crippen molar-refractivity contribution in [3.05, 3.63) is 83.6 Å². The number of carbonyl (C=O) groups is 2. The van der Waals surface area contributed by atoms with Gasteiger partial charge < -0.3 is 4.74 Å². The van der Waals surface area contributed by atoms with Gasteiger partial charge in [0, 0.05) is 12.3 Å². The van der Waals surface area contributed by atoms with Crippen LogP contribution in [-0.2, 0) is 14.3 Å². The third kappa shape index (κ3) is 2.57. The van der Waals surface area contributed by atoms with Gasteiger partial charge in [0.15, 0.2) is 5.78 Å². The Morgan fingerprint density at radius 1 is 0.893 bits per heavy atom. The zero-order chi connectivity index (χ0) is 20.1. The van der Waals surface area contributed by atoms with Crippen LogP contribution >= 0.6 is 0 Å². The smallest absolute Gasteiger partial charge is 0.307 e. The molecule has 0 saturated heterocycles. The third-order valence-electron chi connectivity index (χ3n) is 5.98. The predicted octanol–water partition coefficient (Wildman–Crippen LogP) is 5.29. The number of allylic oxidation sites excluding steroid dienone is 3. The number of hydrogen-bond donors (Lipinski definition) is 0. The molecule has 2 aromatic rings. The lowest BCUT2D eigenvalue weighted by molar-refractivity contribution is -0.143. The van der Waals surface area contributed by atoms with Gasteiger partial charge >= 0.3 is 5.97 Å². The second kappa shape index (κ2) is 6.30. The van der Waals surface area contributed by atoms with Crippen molar-refractivity contribution in [1.82, 2.24) is 0 Å². The molecule has 0 fully saturated rings. The molecule has 28 heavy (non-hydrogen) atoms. The first kappa shape index (κ1) is 18.4. The number of carbonyl (C=O) groups excluding carboxylic acids is 2. The maximum absolute atomic E-state index is 13.6. The second-order valence-electron chi connectivity index (χ2n) is 8.35. The molecule has 2 atom stereocenters. The number of ether oxygens (including phenoxy) is 1. The number of hydrogen-bond acceptors (Lipinski definition) is 3. The van der Waals surface area contributed by atoms with Gasteiger partial charge in [-0.1, -0.05) is 74.5 Å². The summed E-state index contributed by atoms with van der Waals surface area (Å²) in [4.78, 5) is 25.4. The van der Waals surface area contributed by atoms with Crippen molar-refractivity contribution in [2.45, 2.75) is 27.7 Å². The Labute approximate surface area is 165 Å². The van der Waals surface area contributed by atoms with E-state index in [1.165, 1.54) is 6.92 Å². The summed E-state index contributed by atoms with van der Waals surface area (Å²) in [5.41, 5.74) is 2.60. The second-order valence-corrected chi connectivity index (χ2v) is 8.35. The summed E-state index contributed by atoms with van der Waals surface area (Å²) < 4.78 is 5.65. The van der Waals surface area contributed by atoms with Gasteiger partial charge in [0.05, 0.1) is 11.3 Å². The van der Waals surface area contributed by atoms with E-state index in [0.717, 1.165) is 22.3 Å². The van der Waals surface area contributed by atoms with Gasteiger partial charge in [0.25, 0.3) is 0 Å². The summed E-state index contributed by atoms with van der Waals surface area (Å²) in [7, 11) is 0. The molecule has 2 unspecified atom stereocenters. The Morgan fingerprint density at radius 2 is 1.43 bits per heavy atom. The van der Waals surface area contributed by atoms with Gasteiger partial charge in [-0.3, -0.25) is 9.59 Å². The van der Waals surface area contributed by atoms with Crippen molar-refractivity contribution in [3.8, 4) is 0 Å². The summed E-state index contributed by atoms with van der Waals surface area (Å²) >= 11 is 0. The molecule has 3 aliphatic carbocycles. The molecule has 0 aromatic heterocycles. The van der Waals surface area contributed by atoms with Gasteiger partial charge in [-0.15, -0.1) is 0 Å². The fourth-order valence-corrected chi connectivity index (χ4v) is 4.95. The Kier molecular flexibility index (Phi) is 4.15. The highest BCUT2D eigenvalue weighted by Gasteiger charge is 2.60. The van der Waals surface area contributed by atoms with Gasteiger partial charge in [-0.25, -0.2) is 0 Å². The van der Waals surface area contributed by atoms with Crippen molar-refractivity contribution in [1.29, 1.82) is 0 Å². The average Bonchev–Trinajstić information content (AvgIpc) is 2.66. The topological polar surface area (TPSA) is 43.4 Å². The number of benzene rings is 2. The lowest BCUT2D eigenvalue weighted by Crippen LogP contribution is -2.52. The molecule has 0 radical (unpaired) electrons. The first-order chi connectivity index (χ1) is 13.3. The summed E-state index contributed by atoms with van der Waals surface area (Å²) in [6.07, 6.45) is 1.86. The third-order valence-corrected chi connectivity index (χ3v) is 5.98. The van der Waals surface area contributed by atoms with E-state index in [4.69, 9.17) is 4.74 Å². The SMILES string of the molecule is CC(=O)OC1=CC2(C)C(=O)C(C)(C)C1C(c1ccccc1)=C2c1ccccc1. The summed E-state index contributed by atoms with van der Waals surface area (Å²) in [5.74, 6) is 0.0558. The first-order valence-electron chi connectivity index (χ1n) is 9.58. The molecule has 0 N–H and O–H groups in total. The van der Waals surface area contributed by atoms with Crippen molar-refractivity contribution in [2.75, 3.05) is 0 Å². The molecule has 3 aliphatic rings. The first-order valence-corrected chi connectivity index (χ1v) is 9.58. The number of fused-ring (bicyclic) bond motifs is 1. The van der Waals surface area contributed by atoms with Crippen molar-refractivity contribution < 1.29 is 14.3 Å². The molecule has 0 aliphatic heterocycles. The van der Waals surface area contributed by atoms with Gasteiger partial charge in [0.1, 0.15) is 5.76 Å². The maximum atomic E-state index is 13.6. The van der Waals surface area contributed by atoms with Gasteiger partial charge in [-0.05, 0) is 35.3 Å². The highest BCUT2D eigenvalue weighted by molar-refractivity contribution is 6.15. The van der Waals surface area contributed by atoms with Crippen LogP contribution in [0.25, 0.3) is 11.1 Å². The van der Waals surface area contributed by atoms with Crippen LogP contribution in [0.3, 0.4) is 0 Å². The average molecular weight is 372 g/mol. The minimum Gasteiger partial charge on any atom is -0.431 e. The predicted molar refractivity (Wildman–Crippen MR) is 110 cm³/mol. The number of ketones is 1. The summed E-state index contributed by atoms with van der Waals surface area (Å²) in [6.45, 7) is 7.27. The standard InChI is InChI=1S/C25H24O3/c1-16(26)28-19-15-25(4)21(18-13-9-6-10-14-18)20(17-11-7-5-8-12-17)22(19)24(2,3)23(25)27/h5-15,22H,1-4H3. The molecule has 0 amide bonds. The highest BCUT2D eigenvalue weighted by atomic mass is 16.5. The van der Waals surface area contributed by atoms with Crippen LogP contribution in [0, 0.1) is 16.7 Å². The van der Waals surface area contributed by atoms with E-state index < -0.39 is 10.8 Å². The fourth-order valence-electron chi connectivity index (χ4n) is 4.95. The van der Waals surface area contributed by atoms with E-state index in [-0.39, 0.29) is 17.7 Å². The van der Waals surface area contributed by atoms with E-state index in [2.05, 4.69) is 12.1 Å². The van der Waals surface area contributed by atoms with Crippen LogP contribution < -0.4 is 0 Å². The Hall–Kier alpha value is -2.94. The normalized spacial score (nSPS) is 25.5. The van der Waals surface area contributed by atoms with Crippen molar-refractivity contribution in [2.24, 2.45) is 16.7 Å². The van der Waals surface area contributed by atoms with Gasteiger partial charge in [-0.2, -0.15) is 0 Å². The Morgan fingerprint density at radius 3 is 1.96 bits per heavy atom. The molecule has 3 heteroatoms. The van der Waals surface area contributed by atoms with Crippen LogP contribution in [-0.4, -0.2) is 11.8 Å². The number of rotatable bonds is 3. The van der Waals surface area contributed by atoms with E-state index in [9.17, 15) is 9.59 Å². The monoisotopic (exact) mass is 372 g/mol. The fraction of sp³-hybridized carbons (Fsp3) is 0.280. The van der Waals surface area contributed by atoms with Crippen LogP contribution in [0.4, 0.5) is 0 Å². The quantitative estimate of drug-likeness (QED) is 0.688. The molecule has 0 saturated carbocycles. The lowest BCUT2D eigenvalue weighted by atomic mass is 9.49. The highest BCUT2D eigenvalue weighted by Crippen LogP contribution is 2.63. The van der Waals surface area contributed by atoms with Crippen LogP contribution in [0.5, 0.6) is 0 Å². The number of Topliss-reactive ketones (excluding diaryl/α,β-unsaturated/α-hetero) is 1. The molecular formula is C25H24O3. The van der Waals surface area contributed by atoms with Crippen LogP contribution in [0.1, 0.15) is 38.8 Å². The molecule has 142 valence electrons. The molecule has 0 spiro atoms. The van der Waals surface area contributed by atoms with Crippen molar-refractivity contribution in [3.63, 3.8) is 0 Å². The van der Waals surface area contributed by atoms with E-state index in [1.807, 2.05) is 75.4 Å². The molecule has 0 heterocycles. The largest absolute Gasteiger partial charge is 0.431 e. The van der Waals surface area contributed by atoms with Crippen LogP contribution in [0.2, 0.25) is 0 Å². The minimum absolute atomic E-state index is 0.152. The van der Waals surface area contributed by atoms with Crippen LogP contribution in [0.15, 0.2) is 72.5 Å². The zero-order valence-electron chi connectivity index (χ0n) is 16.7. The molecule has 3 nitrogen and oxygen atoms in total. The maximum Gasteiger partial charge on any atom is 0.307 e. The molecular weight excluding hydrogens is 348 g/mol. The lowest BCUT2D eigenvalue weighted by Gasteiger charge is -2.52. The Balaban J connectivity index is 2.08.